The standard InChI is InChI=1S/C17H17N3O3S/c1-11-9-20-10-12(19-16(20)24-11)8-18-15(21)14-5-4-13(23-14)6-7-17(2,3)22/h4-5,9-10,22H,8H2,1-3H3,(H,18,21). The predicted molar refractivity (Wildman–Crippen MR) is 90.9 cm³/mol. The third kappa shape index (κ3) is 3.85. The van der Waals surface area contributed by atoms with Crippen LogP contribution in [0.4, 0.5) is 0 Å². The average Bonchev–Trinajstić information content (AvgIpc) is 3.15. The molecule has 0 saturated carbocycles. The summed E-state index contributed by atoms with van der Waals surface area (Å²) in [5.41, 5.74) is -0.329. The number of imidazole rings is 1. The summed E-state index contributed by atoms with van der Waals surface area (Å²) in [6.45, 7) is 5.50. The van der Waals surface area contributed by atoms with E-state index in [0.717, 1.165) is 10.7 Å². The van der Waals surface area contributed by atoms with Gasteiger partial charge in [0.1, 0.15) is 5.60 Å². The van der Waals surface area contributed by atoms with E-state index in [-0.39, 0.29) is 11.7 Å². The molecule has 3 rings (SSSR count). The molecule has 2 N–H and O–H groups in total. The maximum Gasteiger partial charge on any atom is 0.287 e. The summed E-state index contributed by atoms with van der Waals surface area (Å²) in [6, 6.07) is 3.15. The molecular weight excluding hydrogens is 326 g/mol. The maximum atomic E-state index is 12.1. The summed E-state index contributed by atoms with van der Waals surface area (Å²) in [7, 11) is 0. The van der Waals surface area contributed by atoms with Crippen LogP contribution in [0.1, 0.15) is 40.7 Å². The van der Waals surface area contributed by atoms with Crippen LogP contribution in [0, 0.1) is 18.8 Å². The number of hydrogen-bond donors (Lipinski definition) is 2. The Balaban J connectivity index is 1.63. The van der Waals surface area contributed by atoms with Gasteiger partial charge in [0, 0.05) is 17.3 Å². The van der Waals surface area contributed by atoms with Crippen LogP contribution in [0.5, 0.6) is 0 Å². The SMILES string of the molecule is Cc1cn2cc(CNC(=O)c3ccc(C#CC(C)(C)O)o3)nc2s1. The second kappa shape index (κ2) is 6.15. The molecule has 0 aliphatic rings. The van der Waals surface area contributed by atoms with E-state index in [0.29, 0.717) is 12.3 Å². The van der Waals surface area contributed by atoms with E-state index >= 15 is 0 Å². The largest absolute Gasteiger partial charge is 0.443 e. The van der Waals surface area contributed by atoms with Gasteiger partial charge in [-0.15, -0.1) is 11.3 Å². The molecule has 6 nitrogen and oxygen atoms in total. The van der Waals surface area contributed by atoms with E-state index < -0.39 is 5.60 Å². The van der Waals surface area contributed by atoms with Gasteiger partial charge in [-0.1, -0.05) is 5.92 Å². The van der Waals surface area contributed by atoms with E-state index in [2.05, 4.69) is 22.1 Å². The number of carbonyl (C=O) groups is 1. The zero-order chi connectivity index (χ0) is 17.3. The lowest BCUT2D eigenvalue weighted by molar-refractivity contribution is 0.0922. The number of furan rings is 1. The lowest BCUT2D eigenvalue weighted by atomic mass is 10.1. The monoisotopic (exact) mass is 343 g/mol. The topological polar surface area (TPSA) is 79.8 Å². The lowest BCUT2D eigenvalue weighted by Gasteiger charge is -2.05. The molecule has 3 aromatic heterocycles. The number of fused-ring (bicyclic) bond motifs is 1. The molecule has 0 atom stereocenters. The summed E-state index contributed by atoms with van der Waals surface area (Å²) < 4.78 is 7.31. The van der Waals surface area contributed by atoms with Crippen LogP contribution in [0.3, 0.4) is 0 Å². The first-order chi connectivity index (χ1) is 11.3. The number of aliphatic hydroxyl groups is 1. The highest BCUT2D eigenvalue weighted by Crippen LogP contribution is 2.16. The lowest BCUT2D eigenvalue weighted by Crippen LogP contribution is -2.22. The van der Waals surface area contributed by atoms with Gasteiger partial charge in [0.05, 0.1) is 12.2 Å². The Bertz CT molecular complexity index is 916. The fourth-order valence-electron chi connectivity index (χ4n) is 2.04. The number of thiazole rings is 1. The number of carbonyl (C=O) groups excluding carboxylic acids is 1. The smallest absolute Gasteiger partial charge is 0.287 e. The van der Waals surface area contributed by atoms with Gasteiger partial charge in [0.15, 0.2) is 16.5 Å². The molecule has 0 aromatic carbocycles. The Morgan fingerprint density at radius 3 is 2.96 bits per heavy atom. The zero-order valence-electron chi connectivity index (χ0n) is 13.6. The Morgan fingerprint density at radius 1 is 1.46 bits per heavy atom. The Kier molecular flexibility index (Phi) is 4.18. The molecule has 0 aliphatic carbocycles. The molecule has 0 spiro atoms. The van der Waals surface area contributed by atoms with Gasteiger partial charge >= 0.3 is 0 Å². The summed E-state index contributed by atoms with van der Waals surface area (Å²) in [5, 5.41) is 12.3. The number of aromatic nitrogens is 2. The van der Waals surface area contributed by atoms with Crippen molar-refractivity contribution in [2.24, 2.45) is 0 Å². The van der Waals surface area contributed by atoms with E-state index in [4.69, 9.17) is 4.42 Å². The van der Waals surface area contributed by atoms with Crippen molar-refractivity contribution in [3.8, 4) is 11.8 Å². The number of rotatable bonds is 3. The van der Waals surface area contributed by atoms with Crippen LogP contribution < -0.4 is 5.32 Å². The van der Waals surface area contributed by atoms with Crippen molar-refractivity contribution in [2.75, 3.05) is 0 Å². The number of nitrogens with zero attached hydrogens (tertiary/aromatic N) is 2. The minimum absolute atomic E-state index is 0.173. The Hall–Kier alpha value is -2.56. The Morgan fingerprint density at radius 2 is 2.25 bits per heavy atom. The summed E-state index contributed by atoms with van der Waals surface area (Å²) in [4.78, 5) is 18.6. The minimum Gasteiger partial charge on any atom is -0.443 e. The van der Waals surface area contributed by atoms with Gasteiger partial charge in [-0.25, -0.2) is 4.98 Å². The fraction of sp³-hybridized carbons (Fsp3) is 0.294. The van der Waals surface area contributed by atoms with Crippen LogP contribution in [0.15, 0.2) is 28.9 Å². The Labute approximate surface area is 143 Å². The third-order valence-corrected chi connectivity index (χ3v) is 3.98. The molecule has 7 heteroatoms. The molecule has 0 radical (unpaired) electrons. The first-order valence-electron chi connectivity index (χ1n) is 7.38. The zero-order valence-corrected chi connectivity index (χ0v) is 14.4. The molecule has 0 aliphatic heterocycles. The third-order valence-electron chi connectivity index (χ3n) is 3.07. The second-order valence-corrected chi connectivity index (χ2v) is 7.13. The molecule has 124 valence electrons. The average molecular weight is 343 g/mol. The number of aryl methyl sites for hydroxylation is 1. The van der Waals surface area contributed by atoms with Crippen molar-refractivity contribution in [1.82, 2.24) is 14.7 Å². The number of hydrogen-bond acceptors (Lipinski definition) is 5. The quantitative estimate of drug-likeness (QED) is 0.716. The molecular formula is C17H17N3O3S. The van der Waals surface area contributed by atoms with Gasteiger partial charge in [-0.3, -0.25) is 9.20 Å². The molecule has 0 saturated heterocycles. The first kappa shape index (κ1) is 16.3. The highest BCUT2D eigenvalue weighted by Gasteiger charge is 2.12. The van der Waals surface area contributed by atoms with E-state index in [1.54, 1.807) is 37.3 Å². The highest BCUT2D eigenvalue weighted by molar-refractivity contribution is 7.16. The van der Waals surface area contributed by atoms with Crippen LogP contribution in [0.2, 0.25) is 0 Å². The van der Waals surface area contributed by atoms with Crippen molar-refractivity contribution < 1.29 is 14.3 Å². The van der Waals surface area contributed by atoms with Crippen molar-refractivity contribution in [3.63, 3.8) is 0 Å². The van der Waals surface area contributed by atoms with Crippen molar-refractivity contribution in [1.29, 1.82) is 0 Å². The van der Waals surface area contributed by atoms with Crippen LogP contribution in [0.25, 0.3) is 4.96 Å². The minimum atomic E-state index is -1.11. The first-order valence-corrected chi connectivity index (χ1v) is 8.19. The van der Waals surface area contributed by atoms with Gasteiger partial charge in [-0.05, 0) is 38.8 Å². The molecule has 24 heavy (non-hydrogen) atoms. The molecule has 1 amide bonds. The van der Waals surface area contributed by atoms with Crippen molar-refractivity contribution in [2.45, 2.75) is 32.9 Å². The van der Waals surface area contributed by atoms with Crippen LogP contribution >= 0.6 is 11.3 Å². The fourth-order valence-corrected chi connectivity index (χ4v) is 2.87. The molecule has 0 fully saturated rings. The van der Waals surface area contributed by atoms with Gasteiger partial charge < -0.3 is 14.8 Å². The molecule has 0 bridgehead atoms. The number of nitrogens with one attached hydrogen (secondary N) is 1. The van der Waals surface area contributed by atoms with Crippen molar-refractivity contribution >= 4 is 22.2 Å². The van der Waals surface area contributed by atoms with E-state index in [9.17, 15) is 9.90 Å². The van der Waals surface area contributed by atoms with Gasteiger partial charge in [-0.2, -0.15) is 0 Å². The highest BCUT2D eigenvalue weighted by atomic mass is 32.1. The summed E-state index contributed by atoms with van der Waals surface area (Å²) >= 11 is 1.60. The van der Waals surface area contributed by atoms with E-state index in [1.807, 2.05) is 23.7 Å². The number of amides is 1. The van der Waals surface area contributed by atoms with Crippen molar-refractivity contribution in [3.05, 3.63) is 46.6 Å². The summed E-state index contributed by atoms with van der Waals surface area (Å²) in [5.74, 6) is 5.50. The van der Waals surface area contributed by atoms with Crippen LogP contribution in [-0.2, 0) is 6.54 Å². The van der Waals surface area contributed by atoms with Crippen LogP contribution in [-0.4, -0.2) is 26.0 Å². The molecule has 0 unspecified atom stereocenters. The van der Waals surface area contributed by atoms with E-state index in [1.165, 1.54) is 4.88 Å². The molecule has 3 heterocycles. The maximum absolute atomic E-state index is 12.1. The van der Waals surface area contributed by atoms with Gasteiger partial charge in [0.2, 0.25) is 0 Å². The van der Waals surface area contributed by atoms with Gasteiger partial charge in [0.25, 0.3) is 5.91 Å². The molecule has 3 aromatic rings. The normalized spacial score (nSPS) is 11.3. The second-order valence-electron chi connectivity index (χ2n) is 5.92. The predicted octanol–water partition coefficient (Wildman–Crippen LogP) is 2.35. The summed E-state index contributed by atoms with van der Waals surface area (Å²) in [6.07, 6.45) is 3.89.